The third kappa shape index (κ3) is 4.28. The van der Waals surface area contributed by atoms with Gasteiger partial charge < -0.3 is 4.57 Å². The number of aromatic nitrogens is 2. The largest absolute Gasteiger partial charge is 0.319 e. The summed E-state index contributed by atoms with van der Waals surface area (Å²) in [5, 5.41) is 0.843. The van der Waals surface area contributed by atoms with Crippen LogP contribution in [0, 0.1) is 0 Å². The first-order valence-corrected chi connectivity index (χ1v) is 9.94. The number of carbonyl (C=O) groups is 1. The van der Waals surface area contributed by atoms with Crippen molar-refractivity contribution in [3.8, 4) is 0 Å². The van der Waals surface area contributed by atoms with E-state index in [1.807, 2.05) is 48.5 Å². The van der Waals surface area contributed by atoms with Gasteiger partial charge in [0.05, 0.1) is 22.5 Å². The zero-order chi connectivity index (χ0) is 18.5. The monoisotopic (exact) mass is 430 g/mol. The molecule has 0 radical (unpaired) electrons. The molecule has 0 spiro atoms. The molecule has 0 aliphatic rings. The first-order chi connectivity index (χ1) is 12.6. The number of aryl methyl sites for hydroxylation is 1. The third-order valence-corrected chi connectivity index (χ3v) is 5.32. The SMILES string of the molecule is C=C(NNC(=O)CSc1nc2ccccc2n1CC)c1ccc(Br)cc1. The van der Waals surface area contributed by atoms with E-state index in [0.29, 0.717) is 5.70 Å². The number of hydrogen-bond donors (Lipinski definition) is 2. The average molecular weight is 431 g/mol. The van der Waals surface area contributed by atoms with Crippen LogP contribution in [-0.4, -0.2) is 21.2 Å². The highest BCUT2D eigenvalue weighted by atomic mass is 79.9. The molecule has 3 aromatic rings. The van der Waals surface area contributed by atoms with Crippen LogP contribution in [0.5, 0.6) is 0 Å². The molecule has 0 atom stereocenters. The number of amides is 1. The van der Waals surface area contributed by atoms with Crippen molar-refractivity contribution in [3.05, 3.63) is 65.1 Å². The zero-order valence-electron chi connectivity index (χ0n) is 14.3. The van der Waals surface area contributed by atoms with Crippen LogP contribution in [0.1, 0.15) is 12.5 Å². The topological polar surface area (TPSA) is 58.9 Å². The average Bonchev–Trinajstić information content (AvgIpc) is 3.02. The molecule has 3 rings (SSSR count). The van der Waals surface area contributed by atoms with Gasteiger partial charge in [-0.1, -0.05) is 58.5 Å². The Balaban J connectivity index is 1.56. The van der Waals surface area contributed by atoms with Crippen molar-refractivity contribution in [3.63, 3.8) is 0 Å². The first-order valence-electron chi connectivity index (χ1n) is 8.16. The quantitative estimate of drug-likeness (QED) is 0.435. The number of thioether (sulfide) groups is 1. The second kappa shape index (κ2) is 8.42. The molecule has 0 saturated heterocycles. The minimum atomic E-state index is -0.136. The summed E-state index contributed by atoms with van der Waals surface area (Å²) in [6.45, 7) is 6.82. The fourth-order valence-corrected chi connectivity index (χ4v) is 3.65. The molecule has 2 N–H and O–H groups in total. The molecule has 134 valence electrons. The van der Waals surface area contributed by atoms with Gasteiger partial charge >= 0.3 is 0 Å². The first kappa shape index (κ1) is 18.5. The van der Waals surface area contributed by atoms with Gasteiger partial charge in [-0.25, -0.2) is 4.98 Å². The molecule has 5 nitrogen and oxygen atoms in total. The molecule has 1 amide bonds. The summed E-state index contributed by atoms with van der Waals surface area (Å²) in [4.78, 5) is 16.8. The van der Waals surface area contributed by atoms with Gasteiger partial charge in [0, 0.05) is 11.0 Å². The number of hydrogen-bond acceptors (Lipinski definition) is 4. The van der Waals surface area contributed by atoms with Gasteiger partial charge in [0.15, 0.2) is 5.16 Å². The smallest absolute Gasteiger partial charge is 0.248 e. The molecule has 7 heteroatoms. The van der Waals surface area contributed by atoms with E-state index >= 15 is 0 Å². The van der Waals surface area contributed by atoms with Crippen LogP contribution in [0.2, 0.25) is 0 Å². The Morgan fingerprint density at radius 2 is 1.92 bits per heavy atom. The van der Waals surface area contributed by atoms with Crippen LogP contribution < -0.4 is 10.9 Å². The van der Waals surface area contributed by atoms with E-state index in [0.717, 1.165) is 32.8 Å². The van der Waals surface area contributed by atoms with Crippen molar-refractivity contribution >= 4 is 50.3 Å². The Labute approximate surface area is 165 Å². The summed E-state index contributed by atoms with van der Waals surface area (Å²) < 4.78 is 3.11. The molecule has 2 aromatic carbocycles. The van der Waals surface area contributed by atoms with Crippen LogP contribution in [0.3, 0.4) is 0 Å². The predicted octanol–water partition coefficient (Wildman–Crippen LogP) is 4.20. The molecule has 1 heterocycles. The van der Waals surface area contributed by atoms with Crippen LogP contribution in [0.25, 0.3) is 16.7 Å². The second-order valence-corrected chi connectivity index (χ2v) is 7.43. The van der Waals surface area contributed by atoms with Crippen LogP contribution in [-0.2, 0) is 11.3 Å². The van der Waals surface area contributed by atoms with Crippen molar-refractivity contribution in [2.24, 2.45) is 0 Å². The molecule has 0 aliphatic heterocycles. The number of imidazole rings is 1. The number of hydrazine groups is 1. The lowest BCUT2D eigenvalue weighted by molar-refractivity contribution is -0.119. The zero-order valence-corrected chi connectivity index (χ0v) is 16.7. The van der Waals surface area contributed by atoms with E-state index in [-0.39, 0.29) is 11.7 Å². The number of rotatable bonds is 7. The maximum absolute atomic E-state index is 12.1. The Kier molecular flexibility index (Phi) is 6.00. The lowest BCUT2D eigenvalue weighted by Crippen LogP contribution is -2.37. The normalized spacial score (nSPS) is 10.7. The van der Waals surface area contributed by atoms with Crippen molar-refractivity contribution in [1.29, 1.82) is 0 Å². The van der Waals surface area contributed by atoms with E-state index in [9.17, 15) is 4.79 Å². The molecule has 1 aromatic heterocycles. The van der Waals surface area contributed by atoms with Gasteiger partial charge in [-0.3, -0.25) is 15.6 Å². The number of fused-ring (bicyclic) bond motifs is 1. The predicted molar refractivity (Wildman–Crippen MR) is 111 cm³/mol. The molecule has 0 saturated carbocycles. The van der Waals surface area contributed by atoms with Crippen LogP contribution >= 0.6 is 27.7 Å². The number of halogens is 1. The van der Waals surface area contributed by atoms with Gasteiger partial charge in [-0.05, 0) is 36.8 Å². The molecule has 0 fully saturated rings. The fraction of sp³-hybridized carbons (Fsp3) is 0.158. The summed E-state index contributed by atoms with van der Waals surface area (Å²) >= 11 is 4.81. The van der Waals surface area contributed by atoms with E-state index in [4.69, 9.17) is 0 Å². The third-order valence-electron chi connectivity index (χ3n) is 3.81. The number of carbonyl (C=O) groups excluding carboxylic acids is 1. The molecular weight excluding hydrogens is 412 g/mol. The fourth-order valence-electron chi connectivity index (χ4n) is 2.50. The van der Waals surface area contributed by atoms with E-state index in [1.165, 1.54) is 11.8 Å². The minimum absolute atomic E-state index is 0.136. The highest BCUT2D eigenvalue weighted by Gasteiger charge is 2.11. The van der Waals surface area contributed by atoms with Crippen LogP contribution in [0.15, 0.2) is 64.7 Å². The number of nitrogens with zero attached hydrogens (tertiary/aromatic N) is 2. The van der Waals surface area contributed by atoms with Crippen molar-refractivity contribution < 1.29 is 4.79 Å². The molecule has 0 bridgehead atoms. The van der Waals surface area contributed by atoms with Gasteiger partial charge in [0.25, 0.3) is 0 Å². The Hall–Kier alpha value is -2.25. The summed E-state index contributed by atoms with van der Waals surface area (Å²) in [7, 11) is 0. The maximum Gasteiger partial charge on any atom is 0.248 e. The molecule has 0 aliphatic carbocycles. The van der Waals surface area contributed by atoms with Crippen molar-refractivity contribution in [1.82, 2.24) is 20.4 Å². The maximum atomic E-state index is 12.1. The minimum Gasteiger partial charge on any atom is -0.319 e. The summed E-state index contributed by atoms with van der Waals surface area (Å²) in [6, 6.07) is 15.7. The molecular formula is C19H19BrN4OS. The van der Waals surface area contributed by atoms with Crippen LogP contribution in [0.4, 0.5) is 0 Å². The second-order valence-electron chi connectivity index (χ2n) is 5.57. The van der Waals surface area contributed by atoms with Gasteiger partial charge in [0.1, 0.15) is 0 Å². The summed E-state index contributed by atoms with van der Waals surface area (Å²) in [5.74, 6) is 0.132. The van der Waals surface area contributed by atoms with E-state index < -0.39 is 0 Å². The van der Waals surface area contributed by atoms with Crippen molar-refractivity contribution in [2.75, 3.05) is 5.75 Å². The highest BCUT2D eigenvalue weighted by Crippen LogP contribution is 2.23. The van der Waals surface area contributed by atoms with Gasteiger partial charge in [-0.15, -0.1) is 0 Å². The Bertz CT molecular complexity index is 936. The summed E-state index contributed by atoms with van der Waals surface area (Å²) in [5.41, 5.74) is 9.11. The number of benzene rings is 2. The molecule has 0 unspecified atom stereocenters. The van der Waals surface area contributed by atoms with Gasteiger partial charge in [0.2, 0.25) is 5.91 Å². The Morgan fingerprint density at radius 1 is 1.19 bits per heavy atom. The van der Waals surface area contributed by atoms with E-state index in [1.54, 1.807) is 0 Å². The number of para-hydroxylation sites is 2. The van der Waals surface area contributed by atoms with Gasteiger partial charge in [-0.2, -0.15) is 0 Å². The van der Waals surface area contributed by atoms with E-state index in [2.05, 4.69) is 49.8 Å². The number of nitrogens with one attached hydrogen (secondary N) is 2. The van der Waals surface area contributed by atoms with Crippen molar-refractivity contribution in [2.45, 2.75) is 18.6 Å². The lowest BCUT2D eigenvalue weighted by atomic mass is 10.2. The standard InChI is InChI=1S/C19H19BrN4OS/c1-3-24-17-7-5-4-6-16(17)21-19(24)26-12-18(25)23-22-13(2)14-8-10-15(20)11-9-14/h4-11,22H,2-3,12H2,1H3,(H,23,25). The lowest BCUT2D eigenvalue weighted by Gasteiger charge is -2.11. The highest BCUT2D eigenvalue weighted by molar-refractivity contribution is 9.10. The Morgan fingerprint density at radius 3 is 2.65 bits per heavy atom. The summed E-state index contributed by atoms with van der Waals surface area (Å²) in [6.07, 6.45) is 0. The molecule has 26 heavy (non-hydrogen) atoms.